The lowest BCUT2D eigenvalue weighted by molar-refractivity contribution is 0.343. The minimum Gasteiger partial charge on any atom is -0.497 e. The van der Waals surface area contributed by atoms with Crippen LogP contribution in [0.2, 0.25) is 0 Å². The average Bonchev–Trinajstić information content (AvgIpc) is 2.17. The van der Waals surface area contributed by atoms with Gasteiger partial charge in [-0.25, -0.2) is 0 Å². The molecule has 3 N–H and O–H groups in total. The predicted octanol–water partition coefficient (Wildman–Crippen LogP) is 1.28. The fourth-order valence-corrected chi connectivity index (χ4v) is 1.00. The van der Waals surface area contributed by atoms with E-state index in [1.807, 2.05) is 6.07 Å². The Bertz CT molecular complexity index is 308. The molecular formula is C10H13NO2. The van der Waals surface area contributed by atoms with E-state index in [9.17, 15) is 0 Å². The average molecular weight is 179 g/mol. The highest BCUT2D eigenvalue weighted by Gasteiger charge is 1.96. The molecule has 0 bridgehead atoms. The summed E-state index contributed by atoms with van der Waals surface area (Å²) in [5, 5.41) is 8.59. The highest BCUT2D eigenvalue weighted by atomic mass is 16.5. The molecule has 1 rings (SSSR count). The third-order valence-corrected chi connectivity index (χ3v) is 1.70. The van der Waals surface area contributed by atoms with Crippen molar-refractivity contribution in [2.24, 2.45) is 0 Å². The zero-order chi connectivity index (χ0) is 9.68. The van der Waals surface area contributed by atoms with Crippen molar-refractivity contribution in [2.75, 3.05) is 19.5 Å². The van der Waals surface area contributed by atoms with Crippen molar-refractivity contribution in [3.8, 4) is 5.75 Å². The Balaban J connectivity index is 2.97. The largest absolute Gasteiger partial charge is 0.497 e. The molecule has 3 heteroatoms. The number of rotatable bonds is 3. The first-order valence-electron chi connectivity index (χ1n) is 3.99. The molecule has 0 fully saturated rings. The molecule has 0 saturated heterocycles. The van der Waals surface area contributed by atoms with E-state index < -0.39 is 0 Å². The van der Waals surface area contributed by atoms with Crippen LogP contribution in [0.15, 0.2) is 24.3 Å². The second-order valence-electron chi connectivity index (χ2n) is 2.58. The van der Waals surface area contributed by atoms with Crippen LogP contribution in [0.1, 0.15) is 5.56 Å². The molecule has 0 aliphatic rings. The number of hydrogen-bond acceptors (Lipinski definition) is 3. The Labute approximate surface area is 77.4 Å². The van der Waals surface area contributed by atoms with Crippen molar-refractivity contribution in [3.05, 3.63) is 29.8 Å². The van der Waals surface area contributed by atoms with E-state index in [1.54, 1.807) is 31.4 Å². The molecule has 0 aromatic heterocycles. The molecule has 0 atom stereocenters. The molecule has 13 heavy (non-hydrogen) atoms. The molecule has 0 aliphatic heterocycles. The molecule has 1 aromatic carbocycles. The molecular weight excluding hydrogens is 166 g/mol. The summed E-state index contributed by atoms with van der Waals surface area (Å²) in [6.07, 6.45) is 3.39. The summed E-state index contributed by atoms with van der Waals surface area (Å²) < 4.78 is 5.04. The third-order valence-electron chi connectivity index (χ3n) is 1.70. The maximum absolute atomic E-state index is 8.59. The van der Waals surface area contributed by atoms with Crippen LogP contribution >= 0.6 is 0 Å². The van der Waals surface area contributed by atoms with Gasteiger partial charge in [-0.05, 0) is 18.2 Å². The molecule has 0 saturated carbocycles. The van der Waals surface area contributed by atoms with E-state index >= 15 is 0 Å². The van der Waals surface area contributed by atoms with Gasteiger partial charge in [0, 0.05) is 11.3 Å². The van der Waals surface area contributed by atoms with Crippen molar-refractivity contribution >= 4 is 11.8 Å². The Kier molecular flexibility index (Phi) is 3.34. The Morgan fingerprint density at radius 2 is 2.31 bits per heavy atom. The number of nitrogen functional groups attached to an aromatic ring is 1. The number of nitrogens with two attached hydrogens (primary N) is 1. The first-order valence-corrected chi connectivity index (χ1v) is 3.99. The first kappa shape index (κ1) is 9.61. The number of methoxy groups -OCH3 is 1. The first-order chi connectivity index (χ1) is 6.27. The molecule has 3 nitrogen and oxygen atoms in total. The van der Waals surface area contributed by atoms with Crippen molar-refractivity contribution in [2.45, 2.75) is 0 Å². The number of hydrogen-bond donors (Lipinski definition) is 2. The summed E-state index contributed by atoms with van der Waals surface area (Å²) in [5.74, 6) is 0.756. The number of anilines is 1. The minimum atomic E-state index is 0.0106. The third kappa shape index (κ3) is 2.49. The smallest absolute Gasteiger partial charge is 0.119 e. The van der Waals surface area contributed by atoms with Crippen LogP contribution in [0.3, 0.4) is 0 Å². The lowest BCUT2D eigenvalue weighted by Gasteiger charge is -2.03. The van der Waals surface area contributed by atoms with Gasteiger partial charge in [0.2, 0.25) is 0 Å². The van der Waals surface area contributed by atoms with Gasteiger partial charge in [-0.15, -0.1) is 0 Å². The van der Waals surface area contributed by atoms with Gasteiger partial charge in [-0.3, -0.25) is 0 Å². The highest BCUT2D eigenvalue weighted by molar-refractivity contribution is 5.66. The van der Waals surface area contributed by atoms with Gasteiger partial charge in [0.1, 0.15) is 5.75 Å². The van der Waals surface area contributed by atoms with Crippen molar-refractivity contribution in [1.82, 2.24) is 0 Å². The summed E-state index contributed by atoms with van der Waals surface area (Å²) in [7, 11) is 1.60. The van der Waals surface area contributed by atoms with Gasteiger partial charge in [-0.2, -0.15) is 0 Å². The SMILES string of the molecule is COc1ccc(N)c(C=CCO)c1. The van der Waals surface area contributed by atoms with Crippen LogP contribution in [0.4, 0.5) is 5.69 Å². The fourth-order valence-electron chi connectivity index (χ4n) is 1.00. The second kappa shape index (κ2) is 4.52. The standard InChI is InChI=1S/C10H13NO2/c1-13-9-4-5-10(11)8(7-9)3-2-6-12/h2-5,7,12H,6,11H2,1H3. The molecule has 0 heterocycles. The normalized spacial score (nSPS) is 10.6. The topological polar surface area (TPSA) is 55.5 Å². The van der Waals surface area contributed by atoms with Crippen molar-refractivity contribution in [3.63, 3.8) is 0 Å². The Morgan fingerprint density at radius 3 is 2.92 bits per heavy atom. The Morgan fingerprint density at radius 1 is 1.54 bits per heavy atom. The molecule has 1 aromatic rings. The van der Waals surface area contributed by atoms with E-state index in [-0.39, 0.29) is 6.61 Å². The number of aliphatic hydroxyl groups is 1. The number of aliphatic hydroxyl groups excluding tert-OH is 1. The van der Waals surface area contributed by atoms with Gasteiger partial charge < -0.3 is 15.6 Å². The monoisotopic (exact) mass is 179 g/mol. The van der Waals surface area contributed by atoms with Crippen LogP contribution in [0.25, 0.3) is 6.08 Å². The quantitative estimate of drug-likeness (QED) is 0.687. The molecule has 0 unspecified atom stereocenters. The second-order valence-corrected chi connectivity index (χ2v) is 2.58. The van der Waals surface area contributed by atoms with E-state index in [4.69, 9.17) is 15.6 Å². The molecule has 70 valence electrons. The van der Waals surface area contributed by atoms with Gasteiger partial charge >= 0.3 is 0 Å². The molecule has 0 amide bonds. The van der Waals surface area contributed by atoms with Crippen LogP contribution in [0, 0.1) is 0 Å². The Hall–Kier alpha value is -1.48. The van der Waals surface area contributed by atoms with Gasteiger partial charge in [0.05, 0.1) is 13.7 Å². The zero-order valence-electron chi connectivity index (χ0n) is 7.53. The molecule has 0 radical (unpaired) electrons. The van der Waals surface area contributed by atoms with Crippen molar-refractivity contribution < 1.29 is 9.84 Å². The maximum Gasteiger partial charge on any atom is 0.119 e. The summed E-state index contributed by atoms with van der Waals surface area (Å²) in [4.78, 5) is 0. The zero-order valence-corrected chi connectivity index (χ0v) is 7.53. The number of benzene rings is 1. The van der Waals surface area contributed by atoms with Gasteiger partial charge in [0.25, 0.3) is 0 Å². The predicted molar refractivity (Wildman–Crippen MR) is 53.5 cm³/mol. The van der Waals surface area contributed by atoms with E-state index in [0.29, 0.717) is 5.69 Å². The van der Waals surface area contributed by atoms with E-state index in [2.05, 4.69) is 0 Å². The summed E-state index contributed by atoms with van der Waals surface area (Å²) in [6, 6.07) is 5.39. The van der Waals surface area contributed by atoms with Crippen LogP contribution in [0.5, 0.6) is 5.75 Å². The van der Waals surface area contributed by atoms with Gasteiger partial charge in [-0.1, -0.05) is 12.2 Å². The summed E-state index contributed by atoms with van der Waals surface area (Å²) in [6.45, 7) is 0.0106. The fraction of sp³-hybridized carbons (Fsp3) is 0.200. The van der Waals surface area contributed by atoms with Crippen LogP contribution in [-0.2, 0) is 0 Å². The molecule has 0 aliphatic carbocycles. The minimum absolute atomic E-state index is 0.0106. The lowest BCUT2D eigenvalue weighted by Crippen LogP contribution is -1.91. The summed E-state index contributed by atoms with van der Waals surface area (Å²) in [5.41, 5.74) is 7.22. The number of ether oxygens (including phenoxy) is 1. The van der Waals surface area contributed by atoms with Crippen LogP contribution < -0.4 is 10.5 Å². The molecule has 0 spiro atoms. The van der Waals surface area contributed by atoms with E-state index in [0.717, 1.165) is 11.3 Å². The van der Waals surface area contributed by atoms with Crippen LogP contribution in [-0.4, -0.2) is 18.8 Å². The van der Waals surface area contributed by atoms with Crippen molar-refractivity contribution in [1.29, 1.82) is 0 Å². The van der Waals surface area contributed by atoms with E-state index in [1.165, 1.54) is 0 Å². The lowest BCUT2D eigenvalue weighted by atomic mass is 10.1. The summed E-state index contributed by atoms with van der Waals surface area (Å²) >= 11 is 0. The van der Waals surface area contributed by atoms with Gasteiger partial charge in [0.15, 0.2) is 0 Å². The highest BCUT2D eigenvalue weighted by Crippen LogP contribution is 2.20. The maximum atomic E-state index is 8.59.